The Kier molecular flexibility index (Phi) is 4.53. The van der Waals surface area contributed by atoms with E-state index in [9.17, 15) is 0 Å². The van der Waals surface area contributed by atoms with Crippen LogP contribution in [0.5, 0.6) is 0 Å². The first-order valence-electron chi connectivity index (χ1n) is 8.88. The average molecular weight is 335 g/mol. The van der Waals surface area contributed by atoms with E-state index >= 15 is 0 Å². The van der Waals surface area contributed by atoms with E-state index in [1.54, 1.807) is 0 Å². The molecule has 1 nitrogen and oxygen atoms in total. The van der Waals surface area contributed by atoms with Gasteiger partial charge in [-0.3, -0.25) is 0 Å². The molecule has 0 aromatic heterocycles. The predicted octanol–water partition coefficient (Wildman–Crippen LogP) is 7.13. The molecular weight excluding hydrogens is 314 g/mol. The summed E-state index contributed by atoms with van der Waals surface area (Å²) < 4.78 is 0. The molecule has 126 valence electrons. The van der Waals surface area contributed by atoms with Crippen LogP contribution in [0.4, 0.5) is 17.1 Å². The summed E-state index contributed by atoms with van der Waals surface area (Å²) in [6, 6.07) is 38.4. The molecule has 0 heterocycles. The van der Waals surface area contributed by atoms with Crippen LogP contribution in [0.3, 0.4) is 0 Å². The van der Waals surface area contributed by atoms with Crippen molar-refractivity contribution in [3.63, 3.8) is 0 Å². The van der Waals surface area contributed by atoms with Crippen molar-refractivity contribution in [2.45, 2.75) is 6.92 Å². The number of anilines is 3. The molecule has 0 aliphatic carbocycles. The van der Waals surface area contributed by atoms with Crippen molar-refractivity contribution >= 4 is 17.1 Å². The van der Waals surface area contributed by atoms with E-state index in [1.807, 2.05) is 0 Å². The van der Waals surface area contributed by atoms with Gasteiger partial charge in [-0.15, -0.1) is 0 Å². The Bertz CT molecular complexity index is 991. The predicted molar refractivity (Wildman–Crippen MR) is 111 cm³/mol. The molecule has 0 fully saturated rings. The maximum Gasteiger partial charge on any atom is 0.0467 e. The van der Waals surface area contributed by atoms with Gasteiger partial charge in [0.05, 0.1) is 0 Å². The maximum absolute atomic E-state index is 2.30. The van der Waals surface area contributed by atoms with Gasteiger partial charge in [0.25, 0.3) is 0 Å². The van der Waals surface area contributed by atoms with E-state index in [0.717, 1.165) is 11.4 Å². The Morgan fingerprint density at radius 1 is 0.462 bits per heavy atom. The van der Waals surface area contributed by atoms with Gasteiger partial charge in [0, 0.05) is 17.1 Å². The summed E-state index contributed by atoms with van der Waals surface area (Å²) in [4.78, 5) is 2.30. The van der Waals surface area contributed by atoms with Gasteiger partial charge < -0.3 is 4.90 Å². The number of nitrogens with zero attached hydrogens (tertiary/aromatic N) is 1. The Morgan fingerprint density at radius 2 is 1.00 bits per heavy atom. The third kappa shape index (κ3) is 3.38. The molecule has 4 aromatic carbocycles. The second-order valence-corrected chi connectivity index (χ2v) is 6.43. The molecule has 0 spiro atoms. The summed E-state index contributed by atoms with van der Waals surface area (Å²) >= 11 is 0. The van der Waals surface area contributed by atoms with Crippen LogP contribution in [0.1, 0.15) is 5.56 Å². The van der Waals surface area contributed by atoms with Crippen LogP contribution < -0.4 is 4.90 Å². The molecule has 0 aliphatic rings. The monoisotopic (exact) mass is 335 g/mol. The first kappa shape index (κ1) is 16.2. The lowest BCUT2D eigenvalue weighted by Crippen LogP contribution is -2.10. The number of benzene rings is 4. The highest BCUT2D eigenvalue weighted by Gasteiger charge is 2.13. The minimum absolute atomic E-state index is 1.16. The third-order valence-corrected chi connectivity index (χ3v) is 4.49. The van der Waals surface area contributed by atoms with Crippen molar-refractivity contribution in [2.24, 2.45) is 0 Å². The molecule has 0 atom stereocenters. The number of para-hydroxylation sites is 1. The lowest BCUT2D eigenvalue weighted by molar-refractivity contribution is 1.27. The van der Waals surface area contributed by atoms with Gasteiger partial charge in [0.15, 0.2) is 0 Å². The van der Waals surface area contributed by atoms with E-state index in [-0.39, 0.29) is 0 Å². The van der Waals surface area contributed by atoms with Crippen LogP contribution in [0, 0.1) is 6.92 Å². The van der Waals surface area contributed by atoms with Gasteiger partial charge >= 0.3 is 0 Å². The zero-order valence-corrected chi connectivity index (χ0v) is 14.8. The highest BCUT2D eigenvalue weighted by molar-refractivity contribution is 5.79. The van der Waals surface area contributed by atoms with E-state index in [2.05, 4.69) is 121 Å². The van der Waals surface area contributed by atoms with Crippen molar-refractivity contribution in [1.82, 2.24) is 0 Å². The summed E-state index contributed by atoms with van der Waals surface area (Å²) in [5.74, 6) is 0. The van der Waals surface area contributed by atoms with Crippen molar-refractivity contribution in [3.8, 4) is 11.1 Å². The summed E-state index contributed by atoms with van der Waals surface area (Å²) in [6.07, 6.45) is 0. The molecule has 0 amide bonds. The third-order valence-electron chi connectivity index (χ3n) is 4.49. The molecule has 1 heteroatoms. The molecule has 0 radical (unpaired) electrons. The van der Waals surface area contributed by atoms with Gasteiger partial charge in [0.1, 0.15) is 0 Å². The largest absolute Gasteiger partial charge is 0.310 e. The lowest BCUT2D eigenvalue weighted by Gasteiger charge is -2.26. The summed E-state index contributed by atoms with van der Waals surface area (Å²) in [7, 11) is 0. The Labute approximate surface area is 155 Å². The summed E-state index contributed by atoms with van der Waals surface area (Å²) in [6.45, 7) is 2.13. The van der Waals surface area contributed by atoms with Crippen LogP contribution in [0.25, 0.3) is 11.1 Å². The first-order valence-corrected chi connectivity index (χ1v) is 8.88. The Balaban J connectivity index is 1.85. The molecule has 26 heavy (non-hydrogen) atoms. The summed E-state index contributed by atoms with van der Waals surface area (Å²) in [5.41, 5.74) is 7.18. The minimum Gasteiger partial charge on any atom is -0.310 e. The normalized spacial score (nSPS) is 10.5. The van der Waals surface area contributed by atoms with Crippen LogP contribution in [0.15, 0.2) is 109 Å². The highest BCUT2D eigenvalue weighted by atomic mass is 15.1. The van der Waals surface area contributed by atoms with Crippen LogP contribution >= 0.6 is 0 Å². The minimum atomic E-state index is 1.16. The zero-order chi connectivity index (χ0) is 17.8. The number of hydrogen-bond donors (Lipinski definition) is 0. The van der Waals surface area contributed by atoms with Gasteiger partial charge in [-0.25, -0.2) is 0 Å². The highest BCUT2D eigenvalue weighted by Crippen LogP contribution is 2.36. The smallest absolute Gasteiger partial charge is 0.0467 e. The fourth-order valence-electron chi connectivity index (χ4n) is 3.25. The molecule has 0 unspecified atom stereocenters. The molecular formula is C25H21N. The fourth-order valence-corrected chi connectivity index (χ4v) is 3.25. The lowest BCUT2D eigenvalue weighted by atomic mass is 10.0. The Morgan fingerprint density at radius 3 is 1.69 bits per heavy atom. The quantitative estimate of drug-likeness (QED) is 0.383. The average Bonchev–Trinajstić information content (AvgIpc) is 2.70. The van der Waals surface area contributed by atoms with Gasteiger partial charge in [-0.2, -0.15) is 0 Å². The SMILES string of the molecule is Cc1cccc(N(c2ccccc2)c2cccc(-c3ccccc3)c2)c1. The number of hydrogen-bond acceptors (Lipinski definition) is 1. The van der Waals surface area contributed by atoms with Crippen LogP contribution in [-0.2, 0) is 0 Å². The van der Waals surface area contributed by atoms with Crippen molar-refractivity contribution < 1.29 is 0 Å². The van der Waals surface area contributed by atoms with Gasteiger partial charge in [-0.05, 0) is 60.0 Å². The molecule has 4 rings (SSSR count). The molecule has 0 aliphatic heterocycles. The zero-order valence-electron chi connectivity index (χ0n) is 14.8. The second kappa shape index (κ2) is 7.28. The van der Waals surface area contributed by atoms with Crippen LogP contribution in [0.2, 0.25) is 0 Å². The number of rotatable bonds is 4. The summed E-state index contributed by atoms with van der Waals surface area (Å²) in [5, 5.41) is 0. The fraction of sp³-hybridized carbons (Fsp3) is 0.0400. The van der Waals surface area contributed by atoms with E-state index in [1.165, 1.54) is 22.4 Å². The maximum atomic E-state index is 2.30. The first-order chi connectivity index (χ1) is 12.8. The molecule has 4 aromatic rings. The standard InChI is InChI=1S/C25H21N/c1-20-10-8-16-24(18-20)26(23-14-6-3-7-15-23)25-17-9-13-22(19-25)21-11-4-2-5-12-21/h2-19H,1H3. The molecule has 0 N–H and O–H groups in total. The van der Waals surface area contributed by atoms with Gasteiger partial charge in [0.2, 0.25) is 0 Å². The Hall–Kier alpha value is -3.32. The van der Waals surface area contributed by atoms with E-state index in [4.69, 9.17) is 0 Å². The van der Waals surface area contributed by atoms with Crippen molar-refractivity contribution in [3.05, 3.63) is 115 Å². The van der Waals surface area contributed by atoms with E-state index in [0.29, 0.717) is 0 Å². The van der Waals surface area contributed by atoms with Crippen molar-refractivity contribution in [2.75, 3.05) is 4.90 Å². The molecule has 0 saturated carbocycles. The molecule has 0 bridgehead atoms. The van der Waals surface area contributed by atoms with Crippen molar-refractivity contribution in [1.29, 1.82) is 0 Å². The number of aryl methyl sites for hydroxylation is 1. The topological polar surface area (TPSA) is 3.24 Å². The molecule has 0 saturated heterocycles. The van der Waals surface area contributed by atoms with E-state index < -0.39 is 0 Å². The van der Waals surface area contributed by atoms with Crippen LogP contribution in [-0.4, -0.2) is 0 Å². The van der Waals surface area contributed by atoms with Gasteiger partial charge in [-0.1, -0.05) is 72.8 Å². The second-order valence-electron chi connectivity index (χ2n) is 6.43.